The molecule has 1 saturated heterocycles. The first kappa shape index (κ1) is 12.5. The zero-order valence-corrected chi connectivity index (χ0v) is 11.5. The van der Waals surface area contributed by atoms with E-state index < -0.39 is 0 Å². The van der Waals surface area contributed by atoms with Crippen LogP contribution in [0, 0.1) is 11.8 Å². The predicted octanol–water partition coefficient (Wildman–Crippen LogP) is 2.17. The summed E-state index contributed by atoms with van der Waals surface area (Å²) in [6, 6.07) is 0.645. The minimum Gasteiger partial charge on any atom is -0.338 e. The lowest BCUT2D eigenvalue weighted by Crippen LogP contribution is -2.49. The third-order valence-electron chi connectivity index (χ3n) is 5.41. The van der Waals surface area contributed by atoms with Gasteiger partial charge in [0.2, 0.25) is 5.91 Å². The monoisotopic (exact) mass is 250 g/mol. The maximum Gasteiger partial charge on any atom is 0.239 e. The quantitative estimate of drug-likeness (QED) is 0.814. The number of nitrogens with zero attached hydrogens (tertiary/aromatic N) is 1. The van der Waals surface area contributed by atoms with Crippen molar-refractivity contribution >= 4 is 5.91 Å². The fourth-order valence-corrected chi connectivity index (χ4v) is 4.47. The summed E-state index contributed by atoms with van der Waals surface area (Å²) in [5.41, 5.74) is 0. The Kier molecular flexibility index (Phi) is 3.60. The summed E-state index contributed by atoms with van der Waals surface area (Å²) in [6.45, 7) is 1.00. The van der Waals surface area contributed by atoms with Crippen LogP contribution in [0.3, 0.4) is 0 Å². The molecule has 3 nitrogen and oxygen atoms in total. The van der Waals surface area contributed by atoms with Crippen molar-refractivity contribution in [2.45, 2.75) is 63.5 Å². The van der Waals surface area contributed by atoms with E-state index in [0.29, 0.717) is 11.9 Å². The number of fused-ring (bicyclic) bond motifs is 2. The summed E-state index contributed by atoms with van der Waals surface area (Å²) in [7, 11) is 1.93. The van der Waals surface area contributed by atoms with Gasteiger partial charge in [-0.2, -0.15) is 0 Å². The van der Waals surface area contributed by atoms with Crippen molar-refractivity contribution in [1.29, 1.82) is 0 Å². The van der Waals surface area contributed by atoms with Gasteiger partial charge in [-0.05, 0) is 57.4 Å². The molecular formula is C15H26N2O. The second-order valence-electron chi connectivity index (χ2n) is 6.46. The van der Waals surface area contributed by atoms with E-state index in [9.17, 15) is 4.79 Å². The smallest absolute Gasteiger partial charge is 0.239 e. The lowest BCUT2D eigenvalue weighted by atomic mass is 9.88. The molecule has 3 aliphatic rings. The van der Waals surface area contributed by atoms with Gasteiger partial charge in [-0.15, -0.1) is 0 Å². The molecule has 2 saturated carbocycles. The van der Waals surface area contributed by atoms with Crippen LogP contribution in [0.2, 0.25) is 0 Å². The van der Waals surface area contributed by atoms with Crippen LogP contribution in [0.1, 0.15) is 51.4 Å². The summed E-state index contributed by atoms with van der Waals surface area (Å²) in [5, 5.41) is 3.22. The van der Waals surface area contributed by atoms with Crippen molar-refractivity contribution in [3.05, 3.63) is 0 Å². The Labute approximate surface area is 110 Å². The van der Waals surface area contributed by atoms with Crippen molar-refractivity contribution in [3.63, 3.8) is 0 Å². The summed E-state index contributed by atoms with van der Waals surface area (Å²) in [5.74, 6) is 2.11. The number of nitrogens with one attached hydrogen (secondary N) is 1. The molecule has 0 aromatic carbocycles. The average molecular weight is 250 g/mol. The van der Waals surface area contributed by atoms with Gasteiger partial charge in [0, 0.05) is 12.6 Å². The molecule has 1 heterocycles. The van der Waals surface area contributed by atoms with Crippen LogP contribution in [0.4, 0.5) is 0 Å². The van der Waals surface area contributed by atoms with Crippen LogP contribution in [-0.4, -0.2) is 36.5 Å². The van der Waals surface area contributed by atoms with Crippen molar-refractivity contribution in [3.8, 4) is 0 Å². The first-order chi connectivity index (χ1) is 8.79. The first-order valence-electron chi connectivity index (χ1n) is 7.77. The number of likely N-dealkylation sites (tertiary alicyclic amines) is 1. The molecule has 1 aliphatic heterocycles. The summed E-state index contributed by atoms with van der Waals surface area (Å²) in [6.07, 6.45) is 10.2. The van der Waals surface area contributed by atoms with Crippen LogP contribution < -0.4 is 5.32 Å². The highest BCUT2D eigenvalue weighted by molar-refractivity contribution is 5.82. The van der Waals surface area contributed by atoms with E-state index in [1.54, 1.807) is 0 Å². The van der Waals surface area contributed by atoms with Crippen molar-refractivity contribution < 1.29 is 4.79 Å². The van der Waals surface area contributed by atoms with E-state index >= 15 is 0 Å². The van der Waals surface area contributed by atoms with Gasteiger partial charge in [-0.25, -0.2) is 0 Å². The molecule has 1 amide bonds. The molecule has 0 radical (unpaired) electrons. The molecule has 0 aromatic heterocycles. The predicted molar refractivity (Wildman–Crippen MR) is 72.3 cm³/mol. The van der Waals surface area contributed by atoms with E-state index in [1.807, 2.05) is 7.05 Å². The fourth-order valence-electron chi connectivity index (χ4n) is 4.47. The standard InChI is InChI=1S/C15H26N2O/c1-16-13-7-2-3-8-17(15(13)18)14-10-11-5-4-6-12(14)9-11/h11-14,16H,2-10H2,1H3. The molecule has 102 valence electrons. The molecule has 3 heteroatoms. The summed E-state index contributed by atoms with van der Waals surface area (Å²) < 4.78 is 0. The Balaban J connectivity index is 1.75. The summed E-state index contributed by atoms with van der Waals surface area (Å²) in [4.78, 5) is 14.9. The number of likely N-dealkylation sites (N-methyl/N-ethyl adjacent to an activating group) is 1. The van der Waals surface area contributed by atoms with Gasteiger partial charge in [-0.3, -0.25) is 4.79 Å². The Morgan fingerprint density at radius 3 is 2.78 bits per heavy atom. The minimum absolute atomic E-state index is 0.0768. The van der Waals surface area contributed by atoms with Gasteiger partial charge in [0.05, 0.1) is 6.04 Å². The second-order valence-corrected chi connectivity index (χ2v) is 6.46. The van der Waals surface area contributed by atoms with E-state index in [-0.39, 0.29) is 6.04 Å². The highest BCUT2D eigenvalue weighted by atomic mass is 16.2. The van der Waals surface area contributed by atoms with Gasteiger partial charge >= 0.3 is 0 Å². The minimum atomic E-state index is 0.0768. The number of rotatable bonds is 2. The van der Waals surface area contributed by atoms with Crippen LogP contribution in [0.5, 0.6) is 0 Å². The number of amides is 1. The van der Waals surface area contributed by atoms with E-state index in [1.165, 1.54) is 44.9 Å². The molecule has 18 heavy (non-hydrogen) atoms. The van der Waals surface area contributed by atoms with Gasteiger partial charge in [0.15, 0.2) is 0 Å². The number of hydrogen-bond donors (Lipinski definition) is 1. The highest BCUT2D eigenvalue weighted by Gasteiger charge is 2.42. The third-order valence-corrected chi connectivity index (χ3v) is 5.41. The van der Waals surface area contributed by atoms with Gasteiger partial charge in [-0.1, -0.05) is 12.8 Å². The maximum absolute atomic E-state index is 12.6. The zero-order valence-electron chi connectivity index (χ0n) is 11.5. The molecule has 0 aromatic rings. The number of hydrogen-bond acceptors (Lipinski definition) is 2. The van der Waals surface area contributed by atoms with Crippen molar-refractivity contribution in [2.75, 3.05) is 13.6 Å². The number of carbonyl (C=O) groups is 1. The first-order valence-corrected chi connectivity index (χ1v) is 7.77. The van der Waals surface area contributed by atoms with Gasteiger partial charge in [0.25, 0.3) is 0 Å². The molecule has 3 rings (SSSR count). The number of carbonyl (C=O) groups excluding carboxylic acids is 1. The second kappa shape index (κ2) is 5.20. The largest absolute Gasteiger partial charge is 0.338 e. The third kappa shape index (κ3) is 2.18. The molecule has 2 bridgehead atoms. The van der Waals surface area contributed by atoms with E-state index in [2.05, 4.69) is 10.2 Å². The topological polar surface area (TPSA) is 32.3 Å². The summed E-state index contributed by atoms with van der Waals surface area (Å²) >= 11 is 0. The lowest BCUT2D eigenvalue weighted by Gasteiger charge is -2.34. The van der Waals surface area contributed by atoms with E-state index in [4.69, 9.17) is 0 Å². The molecule has 3 fully saturated rings. The van der Waals surface area contributed by atoms with Crippen LogP contribution >= 0.6 is 0 Å². The molecule has 2 aliphatic carbocycles. The van der Waals surface area contributed by atoms with Crippen LogP contribution in [-0.2, 0) is 4.79 Å². The Morgan fingerprint density at radius 2 is 2.00 bits per heavy atom. The molecule has 4 atom stereocenters. The zero-order chi connectivity index (χ0) is 12.5. The Bertz CT molecular complexity index is 318. The highest BCUT2D eigenvalue weighted by Crippen LogP contribution is 2.44. The molecule has 1 N–H and O–H groups in total. The van der Waals surface area contributed by atoms with Crippen LogP contribution in [0.15, 0.2) is 0 Å². The average Bonchev–Trinajstić information content (AvgIpc) is 2.57. The fraction of sp³-hybridized carbons (Fsp3) is 0.933. The molecule has 0 spiro atoms. The van der Waals surface area contributed by atoms with Crippen molar-refractivity contribution in [1.82, 2.24) is 10.2 Å². The maximum atomic E-state index is 12.6. The molecule has 4 unspecified atom stereocenters. The van der Waals surface area contributed by atoms with E-state index in [0.717, 1.165) is 24.8 Å². The van der Waals surface area contributed by atoms with Gasteiger partial charge in [0.1, 0.15) is 0 Å². The van der Waals surface area contributed by atoms with Gasteiger partial charge < -0.3 is 10.2 Å². The Hall–Kier alpha value is -0.570. The normalized spacial score (nSPS) is 40.9. The van der Waals surface area contributed by atoms with Crippen LogP contribution in [0.25, 0.3) is 0 Å². The lowest BCUT2D eigenvalue weighted by molar-refractivity contribution is -0.135. The Morgan fingerprint density at radius 1 is 1.11 bits per heavy atom. The molecular weight excluding hydrogens is 224 g/mol. The SMILES string of the molecule is CNC1CCCCN(C2CC3CCCC2C3)C1=O. The van der Waals surface area contributed by atoms with Crippen molar-refractivity contribution in [2.24, 2.45) is 11.8 Å².